The summed E-state index contributed by atoms with van der Waals surface area (Å²) < 4.78 is 14.7. The normalized spacial score (nSPS) is 16.2. The van der Waals surface area contributed by atoms with Crippen LogP contribution in [0.25, 0.3) is 11.1 Å². The third-order valence-electron chi connectivity index (χ3n) is 5.96. The first kappa shape index (κ1) is 22.4. The zero-order valence-corrected chi connectivity index (χ0v) is 18.4. The summed E-state index contributed by atoms with van der Waals surface area (Å²) in [6.45, 7) is 3.12. The van der Waals surface area contributed by atoms with Crippen molar-refractivity contribution in [3.63, 3.8) is 0 Å². The monoisotopic (exact) mass is 448 g/mol. The summed E-state index contributed by atoms with van der Waals surface area (Å²) in [7, 11) is 0. The minimum Gasteiger partial charge on any atom is -0.339 e. The molecule has 1 atom stereocenters. The molecule has 0 aliphatic carbocycles. The molecule has 1 fully saturated rings. The van der Waals surface area contributed by atoms with Gasteiger partial charge in [0.05, 0.1) is 0 Å². The van der Waals surface area contributed by atoms with E-state index in [4.69, 9.17) is 0 Å². The van der Waals surface area contributed by atoms with Gasteiger partial charge in [-0.05, 0) is 41.8 Å². The fourth-order valence-corrected chi connectivity index (χ4v) is 4.21. The molecule has 0 N–H and O–H groups in total. The maximum absolute atomic E-state index is 13.4. The summed E-state index contributed by atoms with van der Waals surface area (Å²) in [5, 5.41) is 0. The second-order valence-corrected chi connectivity index (χ2v) is 7.92. The van der Waals surface area contributed by atoms with Crippen LogP contribution in [0, 0.1) is 5.82 Å². The Bertz CT molecular complexity index is 1210. The quantitative estimate of drug-likeness (QED) is 0.580. The molecule has 170 valence electrons. The number of halogens is 1. The van der Waals surface area contributed by atoms with Gasteiger partial charge in [-0.2, -0.15) is 0 Å². The topological polar surface area (TPSA) is 75.5 Å². The summed E-state index contributed by atoms with van der Waals surface area (Å²) in [5.74, 6) is -0.747. The number of benzene rings is 2. The Kier molecular flexibility index (Phi) is 6.63. The van der Waals surface area contributed by atoms with Gasteiger partial charge in [-0.25, -0.2) is 14.2 Å². The molecule has 0 spiro atoms. The van der Waals surface area contributed by atoms with Gasteiger partial charge in [0.25, 0.3) is 0 Å². The van der Waals surface area contributed by atoms with E-state index in [-0.39, 0.29) is 24.2 Å². The van der Waals surface area contributed by atoms with E-state index in [1.165, 1.54) is 29.1 Å². The lowest BCUT2D eigenvalue weighted by Crippen LogP contribution is -2.60. The highest BCUT2D eigenvalue weighted by molar-refractivity contribution is 5.89. The predicted molar refractivity (Wildman–Crippen MR) is 122 cm³/mol. The molecule has 33 heavy (non-hydrogen) atoms. The molecule has 2 amide bonds. The van der Waals surface area contributed by atoms with Gasteiger partial charge in [0.1, 0.15) is 18.4 Å². The van der Waals surface area contributed by atoms with Crippen LogP contribution in [0.3, 0.4) is 0 Å². The Hall–Kier alpha value is -3.81. The van der Waals surface area contributed by atoms with Gasteiger partial charge in [0.2, 0.25) is 11.8 Å². The summed E-state index contributed by atoms with van der Waals surface area (Å²) in [5.41, 5.74) is 2.09. The smallest absolute Gasteiger partial charge is 0.339 e. The van der Waals surface area contributed by atoms with Gasteiger partial charge in [-0.3, -0.25) is 14.2 Å². The van der Waals surface area contributed by atoms with Gasteiger partial charge < -0.3 is 9.80 Å². The largest absolute Gasteiger partial charge is 0.347 e. The van der Waals surface area contributed by atoms with E-state index in [2.05, 4.69) is 4.98 Å². The van der Waals surface area contributed by atoms with Crippen LogP contribution in [-0.2, 0) is 22.6 Å². The molecule has 2 aromatic carbocycles. The molecule has 1 aliphatic rings. The SMILES string of the molecule is CCN1CCN(C(=O)Cn2cccnc2=O)[C@@H](Cc2ccccc2-c2ccc(F)cc2)C1=O. The van der Waals surface area contributed by atoms with Crippen LogP contribution in [0.1, 0.15) is 12.5 Å². The number of carbonyl (C=O) groups is 2. The summed E-state index contributed by atoms with van der Waals surface area (Å²) >= 11 is 0. The molecule has 1 aliphatic heterocycles. The number of nitrogens with zero attached hydrogens (tertiary/aromatic N) is 4. The van der Waals surface area contributed by atoms with Crippen LogP contribution in [0.5, 0.6) is 0 Å². The first-order valence-corrected chi connectivity index (χ1v) is 10.9. The van der Waals surface area contributed by atoms with Crippen LogP contribution in [-0.4, -0.2) is 56.8 Å². The molecular weight excluding hydrogens is 423 g/mol. The Balaban J connectivity index is 1.65. The third kappa shape index (κ3) is 4.84. The average molecular weight is 448 g/mol. The summed E-state index contributed by atoms with van der Waals surface area (Å²) in [6, 6.07) is 14.7. The molecule has 0 saturated carbocycles. The Morgan fingerprint density at radius 2 is 1.82 bits per heavy atom. The van der Waals surface area contributed by atoms with Crippen molar-refractivity contribution in [2.45, 2.75) is 25.9 Å². The molecule has 3 aromatic rings. The van der Waals surface area contributed by atoms with E-state index in [9.17, 15) is 18.8 Å². The van der Waals surface area contributed by atoms with Crippen molar-refractivity contribution < 1.29 is 14.0 Å². The number of rotatable bonds is 6. The minimum atomic E-state index is -0.694. The number of hydrogen-bond acceptors (Lipinski definition) is 4. The molecule has 0 unspecified atom stereocenters. The standard InChI is InChI=1S/C25H25FN4O3/c1-2-28-14-15-30(23(31)17-29-13-5-12-27-25(29)33)22(24(28)32)16-19-6-3-4-7-21(19)18-8-10-20(26)11-9-18/h3-13,22H,2,14-17H2,1H3/t22-/m0/s1. The van der Waals surface area contributed by atoms with Gasteiger partial charge >= 0.3 is 5.69 Å². The van der Waals surface area contributed by atoms with Crippen LogP contribution >= 0.6 is 0 Å². The van der Waals surface area contributed by atoms with Crippen molar-refractivity contribution in [2.75, 3.05) is 19.6 Å². The van der Waals surface area contributed by atoms with Crippen LogP contribution in [0.2, 0.25) is 0 Å². The number of likely N-dealkylation sites (N-methyl/N-ethyl adjacent to an activating group) is 1. The van der Waals surface area contributed by atoms with E-state index < -0.39 is 11.7 Å². The lowest BCUT2D eigenvalue weighted by atomic mass is 9.93. The van der Waals surface area contributed by atoms with Gasteiger partial charge in [0.15, 0.2) is 0 Å². The molecule has 1 aromatic heterocycles. The maximum Gasteiger partial charge on any atom is 0.347 e. The lowest BCUT2D eigenvalue weighted by Gasteiger charge is -2.40. The van der Waals surface area contributed by atoms with Crippen molar-refractivity contribution in [2.24, 2.45) is 0 Å². The van der Waals surface area contributed by atoms with E-state index >= 15 is 0 Å². The summed E-state index contributed by atoms with van der Waals surface area (Å²) in [4.78, 5) is 45.4. The Labute approximate surface area is 191 Å². The molecule has 1 saturated heterocycles. The molecule has 0 bridgehead atoms. The third-order valence-corrected chi connectivity index (χ3v) is 5.96. The second-order valence-electron chi connectivity index (χ2n) is 7.92. The fourth-order valence-electron chi connectivity index (χ4n) is 4.21. The van der Waals surface area contributed by atoms with Gasteiger partial charge in [-0.1, -0.05) is 36.4 Å². The van der Waals surface area contributed by atoms with Crippen molar-refractivity contribution >= 4 is 11.8 Å². The second kappa shape index (κ2) is 9.77. The first-order valence-electron chi connectivity index (χ1n) is 10.9. The predicted octanol–water partition coefficient (Wildman–Crippen LogP) is 2.35. The minimum absolute atomic E-state index is 0.121. The zero-order valence-electron chi connectivity index (χ0n) is 18.4. The van der Waals surface area contributed by atoms with Crippen LogP contribution in [0.4, 0.5) is 4.39 Å². The Morgan fingerprint density at radius 1 is 1.06 bits per heavy atom. The summed E-state index contributed by atoms with van der Waals surface area (Å²) in [6.07, 6.45) is 3.20. The molecule has 7 nitrogen and oxygen atoms in total. The van der Waals surface area contributed by atoms with Crippen molar-refractivity contribution in [1.82, 2.24) is 19.4 Å². The zero-order chi connectivity index (χ0) is 23.4. The van der Waals surface area contributed by atoms with Gasteiger partial charge in [-0.15, -0.1) is 0 Å². The number of hydrogen-bond donors (Lipinski definition) is 0. The molecule has 8 heteroatoms. The van der Waals surface area contributed by atoms with Gasteiger partial charge in [0, 0.05) is 38.4 Å². The number of carbonyl (C=O) groups excluding carboxylic acids is 2. The van der Waals surface area contributed by atoms with E-state index in [1.54, 1.807) is 28.0 Å². The molecular formula is C25H25FN4O3. The van der Waals surface area contributed by atoms with Crippen LogP contribution in [0.15, 0.2) is 71.8 Å². The fraction of sp³-hybridized carbons (Fsp3) is 0.280. The van der Waals surface area contributed by atoms with Crippen molar-refractivity contribution in [1.29, 1.82) is 0 Å². The molecule has 0 radical (unpaired) electrons. The van der Waals surface area contributed by atoms with E-state index in [1.807, 2.05) is 31.2 Å². The van der Waals surface area contributed by atoms with E-state index in [0.29, 0.717) is 26.1 Å². The molecule has 4 rings (SSSR count). The number of aromatic nitrogens is 2. The highest BCUT2D eigenvalue weighted by Gasteiger charge is 2.37. The van der Waals surface area contributed by atoms with Crippen molar-refractivity contribution in [3.05, 3.63) is 88.9 Å². The Morgan fingerprint density at radius 3 is 2.55 bits per heavy atom. The maximum atomic E-state index is 13.4. The first-order chi connectivity index (χ1) is 16.0. The van der Waals surface area contributed by atoms with Crippen LogP contribution < -0.4 is 5.69 Å². The lowest BCUT2D eigenvalue weighted by molar-refractivity contribution is -0.151. The van der Waals surface area contributed by atoms with Crippen molar-refractivity contribution in [3.8, 4) is 11.1 Å². The highest BCUT2D eigenvalue weighted by Crippen LogP contribution is 2.27. The molecule has 2 heterocycles. The average Bonchev–Trinajstić information content (AvgIpc) is 2.82. The highest BCUT2D eigenvalue weighted by atomic mass is 19.1. The number of piperazine rings is 1. The van der Waals surface area contributed by atoms with E-state index in [0.717, 1.165) is 16.7 Å². The number of amides is 2.